The smallest absolute Gasteiger partial charge is 0.287 e. The number of nitro groups is 1. The SMILES string of the molecule is Cc1cnc(C(C)NC(=O)c2ccc([N+](=O)[O-])c(Cl)c2)s1. The molecule has 8 heteroatoms. The highest BCUT2D eigenvalue weighted by Crippen LogP contribution is 2.25. The average Bonchev–Trinajstić information content (AvgIpc) is 2.84. The maximum atomic E-state index is 12.1. The fourth-order valence-electron chi connectivity index (χ4n) is 1.71. The lowest BCUT2D eigenvalue weighted by atomic mass is 10.2. The van der Waals surface area contributed by atoms with Gasteiger partial charge in [0.2, 0.25) is 0 Å². The molecule has 0 radical (unpaired) electrons. The number of nitro benzene ring substituents is 1. The van der Waals surface area contributed by atoms with Crippen LogP contribution in [-0.4, -0.2) is 15.8 Å². The standard InChI is InChI=1S/C13H12ClN3O3S/c1-7-6-15-13(21-7)8(2)16-12(18)9-3-4-11(17(19)20)10(14)5-9/h3-6,8H,1-2H3,(H,16,18). The molecule has 21 heavy (non-hydrogen) atoms. The number of nitrogens with zero attached hydrogens (tertiary/aromatic N) is 2. The topological polar surface area (TPSA) is 85.1 Å². The first kappa shape index (κ1) is 15.4. The Morgan fingerprint density at radius 3 is 2.76 bits per heavy atom. The van der Waals surface area contributed by atoms with Crippen LogP contribution in [0.4, 0.5) is 5.69 Å². The van der Waals surface area contributed by atoms with Crippen molar-refractivity contribution >= 4 is 34.5 Å². The summed E-state index contributed by atoms with van der Waals surface area (Å²) in [6.45, 7) is 3.76. The second-order valence-electron chi connectivity index (χ2n) is 4.43. The lowest BCUT2D eigenvalue weighted by Crippen LogP contribution is -2.26. The molecular weight excluding hydrogens is 314 g/mol. The van der Waals surface area contributed by atoms with Gasteiger partial charge in [-0.15, -0.1) is 11.3 Å². The predicted octanol–water partition coefficient (Wildman–Crippen LogP) is 3.50. The number of nitrogens with one attached hydrogen (secondary N) is 1. The summed E-state index contributed by atoms with van der Waals surface area (Å²) in [5.74, 6) is -0.354. The van der Waals surface area contributed by atoms with E-state index in [9.17, 15) is 14.9 Å². The number of hydrogen-bond acceptors (Lipinski definition) is 5. The summed E-state index contributed by atoms with van der Waals surface area (Å²) in [5, 5.41) is 14.2. The number of aryl methyl sites for hydroxylation is 1. The third-order valence-electron chi connectivity index (χ3n) is 2.76. The van der Waals surface area contributed by atoms with E-state index in [2.05, 4.69) is 10.3 Å². The summed E-state index contributed by atoms with van der Waals surface area (Å²) in [7, 11) is 0. The molecule has 1 atom stereocenters. The highest BCUT2D eigenvalue weighted by molar-refractivity contribution is 7.11. The number of amides is 1. The van der Waals surface area contributed by atoms with Gasteiger partial charge in [-0.1, -0.05) is 11.6 Å². The van der Waals surface area contributed by atoms with Crippen LogP contribution in [0.3, 0.4) is 0 Å². The Hall–Kier alpha value is -1.99. The van der Waals surface area contributed by atoms with Gasteiger partial charge in [0.1, 0.15) is 10.0 Å². The molecule has 1 aromatic heterocycles. The molecule has 0 saturated carbocycles. The Bertz CT molecular complexity index is 702. The average molecular weight is 326 g/mol. The Morgan fingerprint density at radius 1 is 1.52 bits per heavy atom. The minimum Gasteiger partial charge on any atom is -0.343 e. The molecule has 0 aliphatic carbocycles. The lowest BCUT2D eigenvalue weighted by molar-refractivity contribution is -0.384. The molecule has 0 saturated heterocycles. The van der Waals surface area contributed by atoms with Gasteiger partial charge in [-0.2, -0.15) is 0 Å². The van der Waals surface area contributed by atoms with E-state index in [1.54, 1.807) is 6.20 Å². The summed E-state index contributed by atoms with van der Waals surface area (Å²) >= 11 is 7.29. The Labute approximate surface area is 129 Å². The van der Waals surface area contributed by atoms with Gasteiger partial charge in [-0.25, -0.2) is 4.98 Å². The van der Waals surface area contributed by atoms with Crippen LogP contribution in [0.15, 0.2) is 24.4 Å². The quantitative estimate of drug-likeness (QED) is 0.688. The van der Waals surface area contributed by atoms with Gasteiger partial charge in [0, 0.05) is 22.7 Å². The molecule has 0 bridgehead atoms. The third kappa shape index (κ3) is 3.56. The number of rotatable bonds is 4. The van der Waals surface area contributed by atoms with Gasteiger partial charge in [0.15, 0.2) is 0 Å². The van der Waals surface area contributed by atoms with Crippen LogP contribution in [0.5, 0.6) is 0 Å². The first-order valence-corrected chi connectivity index (χ1v) is 7.25. The summed E-state index contributed by atoms with van der Waals surface area (Å²) < 4.78 is 0. The van der Waals surface area contributed by atoms with E-state index in [1.165, 1.54) is 29.5 Å². The maximum Gasteiger partial charge on any atom is 0.287 e. The van der Waals surface area contributed by atoms with Gasteiger partial charge in [0.25, 0.3) is 11.6 Å². The minimum atomic E-state index is -0.592. The molecule has 0 aliphatic heterocycles. The number of carbonyl (C=O) groups excluding carboxylic acids is 1. The Kier molecular flexibility index (Phi) is 4.54. The molecule has 1 aromatic carbocycles. The van der Waals surface area contributed by atoms with Crippen molar-refractivity contribution in [3.8, 4) is 0 Å². The molecule has 110 valence electrons. The van der Waals surface area contributed by atoms with Crippen LogP contribution in [0.1, 0.15) is 33.2 Å². The van der Waals surface area contributed by atoms with Crippen molar-refractivity contribution in [3.63, 3.8) is 0 Å². The van der Waals surface area contributed by atoms with Crippen molar-refractivity contribution in [1.82, 2.24) is 10.3 Å². The Morgan fingerprint density at radius 2 is 2.24 bits per heavy atom. The molecule has 0 aliphatic rings. The van der Waals surface area contributed by atoms with Crippen molar-refractivity contribution in [2.24, 2.45) is 0 Å². The van der Waals surface area contributed by atoms with Gasteiger partial charge in [0.05, 0.1) is 11.0 Å². The number of thiazole rings is 1. The fourth-order valence-corrected chi connectivity index (χ4v) is 2.74. The van der Waals surface area contributed by atoms with E-state index in [0.717, 1.165) is 9.88 Å². The van der Waals surface area contributed by atoms with Crippen molar-refractivity contribution in [3.05, 3.63) is 55.0 Å². The van der Waals surface area contributed by atoms with Crippen LogP contribution in [0.25, 0.3) is 0 Å². The van der Waals surface area contributed by atoms with Crippen LogP contribution in [-0.2, 0) is 0 Å². The van der Waals surface area contributed by atoms with Crippen LogP contribution < -0.4 is 5.32 Å². The summed E-state index contributed by atoms with van der Waals surface area (Å²) in [4.78, 5) is 27.5. The molecule has 2 rings (SSSR count). The summed E-state index contributed by atoms with van der Waals surface area (Å²) in [6, 6.07) is 3.63. The van der Waals surface area contributed by atoms with E-state index in [1.807, 2.05) is 13.8 Å². The van der Waals surface area contributed by atoms with Gasteiger partial charge >= 0.3 is 0 Å². The van der Waals surface area contributed by atoms with Crippen molar-refractivity contribution in [2.45, 2.75) is 19.9 Å². The van der Waals surface area contributed by atoms with Gasteiger partial charge < -0.3 is 5.32 Å². The van der Waals surface area contributed by atoms with E-state index in [4.69, 9.17) is 11.6 Å². The highest BCUT2D eigenvalue weighted by Gasteiger charge is 2.18. The molecule has 1 unspecified atom stereocenters. The molecule has 1 heterocycles. The zero-order valence-corrected chi connectivity index (χ0v) is 12.9. The predicted molar refractivity (Wildman–Crippen MR) is 80.8 cm³/mol. The van der Waals surface area contributed by atoms with E-state index in [-0.39, 0.29) is 28.2 Å². The lowest BCUT2D eigenvalue weighted by Gasteiger charge is -2.11. The largest absolute Gasteiger partial charge is 0.343 e. The third-order valence-corrected chi connectivity index (χ3v) is 4.16. The highest BCUT2D eigenvalue weighted by atomic mass is 35.5. The summed E-state index contributed by atoms with van der Waals surface area (Å²) in [5.41, 5.74) is 0.0440. The van der Waals surface area contributed by atoms with Crippen LogP contribution >= 0.6 is 22.9 Å². The Balaban J connectivity index is 2.13. The van der Waals surface area contributed by atoms with E-state index in [0.29, 0.717) is 0 Å². The molecule has 1 amide bonds. The number of benzene rings is 1. The second kappa shape index (κ2) is 6.19. The first-order chi connectivity index (χ1) is 9.88. The monoisotopic (exact) mass is 325 g/mol. The van der Waals surface area contributed by atoms with Crippen molar-refractivity contribution in [1.29, 1.82) is 0 Å². The number of halogens is 1. The fraction of sp³-hybridized carbons (Fsp3) is 0.231. The zero-order valence-electron chi connectivity index (χ0n) is 11.3. The molecule has 2 aromatic rings. The van der Waals surface area contributed by atoms with E-state index < -0.39 is 4.92 Å². The number of aromatic nitrogens is 1. The van der Waals surface area contributed by atoms with Crippen LogP contribution in [0, 0.1) is 17.0 Å². The summed E-state index contributed by atoms with van der Waals surface area (Å²) in [6.07, 6.45) is 1.74. The van der Waals surface area contributed by atoms with Gasteiger partial charge in [-0.3, -0.25) is 14.9 Å². The van der Waals surface area contributed by atoms with E-state index >= 15 is 0 Å². The normalized spacial score (nSPS) is 12.0. The van der Waals surface area contributed by atoms with Crippen LogP contribution in [0.2, 0.25) is 5.02 Å². The minimum absolute atomic E-state index is 0.0644. The molecule has 0 fully saturated rings. The number of hydrogen-bond donors (Lipinski definition) is 1. The maximum absolute atomic E-state index is 12.1. The molecule has 1 N–H and O–H groups in total. The van der Waals surface area contributed by atoms with Crippen molar-refractivity contribution in [2.75, 3.05) is 0 Å². The van der Waals surface area contributed by atoms with Gasteiger partial charge in [-0.05, 0) is 26.0 Å². The second-order valence-corrected chi connectivity index (χ2v) is 6.10. The number of carbonyl (C=O) groups is 1. The zero-order chi connectivity index (χ0) is 15.6. The molecular formula is C13H12ClN3O3S. The van der Waals surface area contributed by atoms with Crippen molar-refractivity contribution < 1.29 is 9.72 Å². The molecule has 6 nitrogen and oxygen atoms in total. The molecule has 0 spiro atoms. The first-order valence-electron chi connectivity index (χ1n) is 6.05.